The fourth-order valence-electron chi connectivity index (χ4n) is 2.79. The summed E-state index contributed by atoms with van der Waals surface area (Å²) in [7, 11) is 0. The van der Waals surface area contributed by atoms with E-state index < -0.39 is 0 Å². The van der Waals surface area contributed by atoms with E-state index >= 15 is 0 Å². The van der Waals surface area contributed by atoms with Gasteiger partial charge < -0.3 is 0 Å². The second kappa shape index (κ2) is 8.71. The van der Waals surface area contributed by atoms with Crippen molar-refractivity contribution in [2.24, 2.45) is 0 Å². The van der Waals surface area contributed by atoms with Crippen molar-refractivity contribution < 1.29 is 0 Å². The van der Waals surface area contributed by atoms with E-state index in [-0.39, 0.29) is 0 Å². The van der Waals surface area contributed by atoms with E-state index in [0.29, 0.717) is 0 Å². The quantitative estimate of drug-likeness (QED) is 0.236. The normalized spacial score (nSPS) is 10.8. The molecule has 0 bridgehead atoms. The van der Waals surface area contributed by atoms with Gasteiger partial charge in [-0.1, -0.05) is 25.8 Å². The van der Waals surface area contributed by atoms with Crippen molar-refractivity contribution >= 4 is 34.4 Å². The smallest absolute Gasteiger partial charge is 0.138 e. The molecule has 0 saturated carbocycles. The Morgan fingerprint density at radius 2 is 1.72 bits per heavy atom. The summed E-state index contributed by atoms with van der Waals surface area (Å²) in [6.45, 7) is 4.32. The number of unbranched alkanes of at least 4 members (excludes halogenated alkanes) is 2. The van der Waals surface area contributed by atoms with Crippen molar-refractivity contribution in [1.82, 2.24) is 0 Å². The first-order valence-corrected chi connectivity index (χ1v) is 11.0. The van der Waals surface area contributed by atoms with Crippen molar-refractivity contribution in [3.05, 3.63) is 52.9 Å². The van der Waals surface area contributed by atoms with Crippen LogP contribution < -0.4 is 0 Å². The van der Waals surface area contributed by atoms with Gasteiger partial charge in [-0.2, -0.15) is 5.26 Å². The summed E-state index contributed by atoms with van der Waals surface area (Å²) in [5.41, 5.74) is 2.39. The number of rotatable bonds is 7. The molecule has 0 amide bonds. The molecule has 0 radical (unpaired) electrons. The van der Waals surface area contributed by atoms with E-state index in [1.165, 1.54) is 62.5 Å². The molecule has 4 heteroatoms. The summed E-state index contributed by atoms with van der Waals surface area (Å²) in [5, 5.41) is 11.0. The highest BCUT2D eigenvalue weighted by Crippen LogP contribution is 2.39. The number of thioether (sulfide) groups is 1. The molecule has 0 spiro atoms. The van der Waals surface area contributed by atoms with Gasteiger partial charge in [0.15, 0.2) is 0 Å². The van der Waals surface area contributed by atoms with Crippen molar-refractivity contribution in [1.29, 1.82) is 5.26 Å². The molecule has 1 nitrogen and oxygen atoms in total. The molecular weight excluding hydrogens is 362 g/mol. The van der Waals surface area contributed by atoms with E-state index in [1.54, 1.807) is 0 Å². The minimum atomic E-state index is 1.04. The SMILES string of the molecule is CCCCCc1ccc(-c2ccc(-c3ccc(SC#N)c(C)c3)s2)s1. The van der Waals surface area contributed by atoms with Crippen LogP contribution in [0.25, 0.3) is 20.2 Å². The summed E-state index contributed by atoms with van der Waals surface area (Å²) < 4.78 is 0. The molecule has 0 aliphatic heterocycles. The van der Waals surface area contributed by atoms with Gasteiger partial charge in [-0.15, -0.1) is 22.7 Å². The molecule has 0 saturated heterocycles. The third kappa shape index (κ3) is 4.55. The molecule has 3 aromatic rings. The van der Waals surface area contributed by atoms with Crippen molar-refractivity contribution in [2.75, 3.05) is 0 Å². The molecule has 2 heterocycles. The van der Waals surface area contributed by atoms with E-state index in [1.807, 2.05) is 22.7 Å². The first kappa shape index (κ1) is 18.3. The fraction of sp³-hybridized carbons (Fsp3) is 0.286. The second-order valence-electron chi connectivity index (χ2n) is 6.06. The lowest BCUT2D eigenvalue weighted by molar-refractivity contribution is 0.722. The van der Waals surface area contributed by atoms with Crippen molar-refractivity contribution in [3.8, 4) is 25.6 Å². The number of benzene rings is 1. The molecule has 0 fully saturated rings. The molecule has 25 heavy (non-hydrogen) atoms. The number of hydrogen-bond acceptors (Lipinski definition) is 4. The van der Waals surface area contributed by atoms with E-state index in [9.17, 15) is 0 Å². The Kier molecular flexibility index (Phi) is 6.36. The van der Waals surface area contributed by atoms with Crippen LogP contribution >= 0.6 is 34.4 Å². The number of thiophene rings is 2. The fourth-order valence-corrected chi connectivity index (χ4v) is 5.38. The molecule has 0 N–H and O–H groups in total. The summed E-state index contributed by atoms with van der Waals surface area (Å²) >= 11 is 5.00. The number of hydrogen-bond donors (Lipinski definition) is 0. The first-order chi connectivity index (χ1) is 12.2. The first-order valence-electron chi connectivity index (χ1n) is 8.57. The number of aryl methyl sites for hydroxylation is 2. The molecule has 0 aliphatic rings. The summed E-state index contributed by atoms with van der Waals surface area (Å²) in [6, 6.07) is 15.3. The van der Waals surface area contributed by atoms with Gasteiger partial charge in [0.25, 0.3) is 0 Å². The second-order valence-corrected chi connectivity index (χ2v) is 9.14. The number of thiocyanates is 1. The largest absolute Gasteiger partial charge is 0.185 e. The van der Waals surface area contributed by atoms with Crippen LogP contribution in [0.2, 0.25) is 0 Å². The Labute approximate surface area is 162 Å². The maximum Gasteiger partial charge on any atom is 0.138 e. The molecule has 3 rings (SSSR count). The predicted octanol–water partition coefficient (Wildman–Crippen LogP) is 7.76. The van der Waals surface area contributed by atoms with Crippen LogP contribution in [-0.2, 0) is 6.42 Å². The van der Waals surface area contributed by atoms with Gasteiger partial charge in [-0.05, 0) is 79.1 Å². The van der Waals surface area contributed by atoms with Crippen molar-refractivity contribution in [3.63, 3.8) is 0 Å². The molecule has 128 valence electrons. The molecular formula is C21H21NS3. The minimum absolute atomic E-state index is 1.04. The molecule has 1 aromatic carbocycles. The molecule has 2 aromatic heterocycles. The zero-order chi connectivity index (χ0) is 17.6. The highest BCUT2D eigenvalue weighted by molar-refractivity contribution is 8.03. The maximum absolute atomic E-state index is 8.85. The highest BCUT2D eigenvalue weighted by atomic mass is 32.2. The van der Waals surface area contributed by atoms with Crippen LogP contribution in [0.15, 0.2) is 47.4 Å². The minimum Gasteiger partial charge on any atom is -0.185 e. The van der Waals surface area contributed by atoms with Gasteiger partial charge in [-0.3, -0.25) is 0 Å². The van der Waals surface area contributed by atoms with Gasteiger partial charge in [0.05, 0.1) is 0 Å². The van der Waals surface area contributed by atoms with Gasteiger partial charge in [0, 0.05) is 24.4 Å². The summed E-state index contributed by atoms with van der Waals surface area (Å²) in [6.07, 6.45) is 5.08. The van der Waals surface area contributed by atoms with E-state index in [0.717, 1.165) is 10.5 Å². The average molecular weight is 384 g/mol. The topological polar surface area (TPSA) is 23.8 Å². The zero-order valence-corrected chi connectivity index (χ0v) is 17.0. The monoisotopic (exact) mass is 383 g/mol. The number of nitriles is 1. The van der Waals surface area contributed by atoms with Gasteiger partial charge in [0.2, 0.25) is 0 Å². The Hall–Kier alpha value is -1.54. The standard InChI is InChI=1S/C21H21NS3/c1-3-4-5-6-17-8-10-20(24-17)21-12-11-19(25-21)16-7-9-18(23-14-22)15(2)13-16/h7-13H,3-6H2,1-2H3. The summed E-state index contributed by atoms with van der Waals surface area (Å²) in [5.74, 6) is 0. The lowest BCUT2D eigenvalue weighted by atomic mass is 10.1. The molecule has 0 unspecified atom stereocenters. The van der Waals surface area contributed by atoms with Crippen molar-refractivity contribution in [2.45, 2.75) is 44.4 Å². The third-order valence-electron chi connectivity index (χ3n) is 4.15. The van der Waals surface area contributed by atoms with E-state index in [2.05, 4.69) is 61.7 Å². The van der Waals surface area contributed by atoms with Crippen LogP contribution in [-0.4, -0.2) is 0 Å². The third-order valence-corrected chi connectivity index (χ3v) is 7.40. The lowest BCUT2D eigenvalue weighted by Crippen LogP contribution is -1.80. The average Bonchev–Trinajstić information content (AvgIpc) is 3.26. The van der Waals surface area contributed by atoms with Crippen LogP contribution in [0.4, 0.5) is 0 Å². The number of nitrogens with zero attached hydrogens (tertiary/aromatic N) is 1. The van der Waals surface area contributed by atoms with Crippen LogP contribution in [0.3, 0.4) is 0 Å². The molecule has 0 atom stereocenters. The van der Waals surface area contributed by atoms with Gasteiger partial charge in [-0.25, -0.2) is 0 Å². The van der Waals surface area contributed by atoms with Gasteiger partial charge >= 0.3 is 0 Å². The van der Waals surface area contributed by atoms with Crippen LogP contribution in [0, 0.1) is 17.6 Å². The predicted molar refractivity (Wildman–Crippen MR) is 113 cm³/mol. The maximum atomic E-state index is 8.85. The zero-order valence-electron chi connectivity index (χ0n) is 14.5. The summed E-state index contributed by atoms with van der Waals surface area (Å²) in [4.78, 5) is 6.53. The van der Waals surface area contributed by atoms with Crippen LogP contribution in [0.5, 0.6) is 0 Å². The van der Waals surface area contributed by atoms with E-state index in [4.69, 9.17) is 5.26 Å². The Bertz CT molecular complexity index is 883. The highest BCUT2D eigenvalue weighted by Gasteiger charge is 2.09. The molecule has 0 aliphatic carbocycles. The van der Waals surface area contributed by atoms with Crippen LogP contribution in [0.1, 0.15) is 36.6 Å². The van der Waals surface area contributed by atoms with Gasteiger partial charge in [0.1, 0.15) is 5.40 Å². The Morgan fingerprint density at radius 1 is 0.960 bits per heavy atom. The lowest BCUT2D eigenvalue weighted by Gasteiger charge is -2.03. The Morgan fingerprint density at radius 3 is 2.48 bits per heavy atom. The Balaban J connectivity index is 1.76.